The van der Waals surface area contributed by atoms with Gasteiger partial charge in [-0.2, -0.15) is 18.3 Å². The number of nitrogens with zero attached hydrogens (tertiary/aromatic N) is 2. The van der Waals surface area contributed by atoms with E-state index in [1.54, 1.807) is 10.7 Å². The SMILES string of the molecule is CCn1nc(-c2ccccc2)cc1Oc1ccc(C(F)(F)F)cc1. The number of halogens is 3. The summed E-state index contributed by atoms with van der Waals surface area (Å²) in [5.41, 5.74) is 0.991. The molecule has 2 aromatic carbocycles. The highest BCUT2D eigenvalue weighted by Gasteiger charge is 2.30. The number of alkyl halides is 3. The van der Waals surface area contributed by atoms with Gasteiger partial charge in [0.25, 0.3) is 0 Å². The molecule has 1 heterocycles. The van der Waals surface area contributed by atoms with Crippen molar-refractivity contribution in [3.05, 3.63) is 66.2 Å². The molecule has 1 aromatic heterocycles. The third-order valence-corrected chi connectivity index (χ3v) is 3.52. The Morgan fingerprint density at radius 3 is 2.25 bits per heavy atom. The highest BCUT2D eigenvalue weighted by Crippen LogP contribution is 2.32. The monoisotopic (exact) mass is 332 g/mol. The van der Waals surface area contributed by atoms with Gasteiger partial charge in [-0.25, -0.2) is 4.68 Å². The number of rotatable bonds is 4. The van der Waals surface area contributed by atoms with Crippen molar-refractivity contribution < 1.29 is 17.9 Å². The molecule has 0 saturated carbocycles. The molecule has 3 aromatic rings. The first-order chi connectivity index (χ1) is 11.5. The van der Waals surface area contributed by atoms with Gasteiger partial charge in [-0.1, -0.05) is 30.3 Å². The van der Waals surface area contributed by atoms with Crippen molar-refractivity contribution in [1.29, 1.82) is 0 Å². The summed E-state index contributed by atoms with van der Waals surface area (Å²) in [5, 5.41) is 4.46. The third kappa shape index (κ3) is 3.42. The second-order valence-corrected chi connectivity index (χ2v) is 5.17. The second kappa shape index (κ2) is 6.39. The molecule has 124 valence electrons. The molecule has 0 spiro atoms. The average Bonchev–Trinajstić information content (AvgIpc) is 2.98. The first-order valence-electron chi connectivity index (χ1n) is 7.46. The molecular weight excluding hydrogens is 317 g/mol. The normalized spacial score (nSPS) is 11.5. The van der Waals surface area contributed by atoms with E-state index in [1.807, 2.05) is 37.3 Å². The molecular formula is C18H15F3N2O. The summed E-state index contributed by atoms with van der Waals surface area (Å²) < 4.78 is 45.2. The Labute approximate surface area is 137 Å². The van der Waals surface area contributed by atoms with Crippen LogP contribution >= 0.6 is 0 Å². The standard InChI is InChI=1S/C18H15F3N2O/c1-2-23-17(12-16(22-23)13-6-4-3-5-7-13)24-15-10-8-14(9-11-15)18(19,20)21/h3-12H,2H2,1H3. The van der Waals surface area contributed by atoms with Gasteiger partial charge < -0.3 is 4.74 Å². The van der Waals surface area contributed by atoms with Crippen LogP contribution in [0.15, 0.2) is 60.7 Å². The van der Waals surface area contributed by atoms with Crippen LogP contribution in [0.1, 0.15) is 12.5 Å². The zero-order valence-electron chi connectivity index (χ0n) is 12.9. The summed E-state index contributed by atoms with van der Waals surface area (Å²) in [6.07, 6.45) is -4.36. The van der Waals surface area contributed by atoms with Crippen LogP contribution < -0.4 is 4.74 Å². The molecule has 0 bridgehead atoms. The van der Waals surface area contributed by atoms with E-state index < -0.39 is 11.7 Å². The Morgan fingerprint density at radius 2 is 1.67 bits per heavy atom. The van der Waals surface area contributed by atoms with Crippen molar-refractivity contribution in [2.45, 2.75) is 19.6 Å². The molecule has 0 radical (unpaired) electrons. The molecule has 6 heteroatoms. The van der Waals surface area contributed by atoms with Gasteiger partial charge >= 0.3 is 6.18 Å². The summed E-state index contributed by atoms with van der Waals surface area (Å²) in [7, 11) is 0. The first-order valence-corrected chi connectivity index (χ1v) is 7.46. The van der Waals surface area contributed by atoms with Gasteiger partial charge in [-0.05, 0) is 31.2 Å². The maximum absolute atomic E-state index is 12.6. The summed E-state index contributed by atoms with van der Waals surface area (Å²) >= 11 is 0. The summed E-state index contributed by atoms with van der Waals surface area (Å²) in [5.74, 6) is 0.813. The fourth-order valence-electron chi connectivity index (χ4n) is 2.29. The van der Waals surface area contributed by atoms with Crippen molar-refractivity contribution in [1.82, 2.24) is 9.78 Å². The number of hydrogen-bond acceptors (Lipinski definition) is 2. The van der Waals surface area contributed by atoms with Gasteiger partial charge in [0.15, 0.2) is 0 Å². The number of aromatic nitrogens is 2. The average molecular weight is 332 g/mol. The van der Waals surface area contributed by atoms with Crippen LogP contribution in [0.4, 0.5) is 13.2 Å². The lowest BCUT2D eigenvalue weighted by molar-refractivity contribution is -0.137. The fourth-order valence-corrected chi connectivity index (χ4v) is 2.29. The minimum atomic E-state index is -4.36. The van der Waals surface area contributed by atoms with Gasteiger partial charge in [0.05, 0.1) is 11.3 Å². The van der Waals surface area contributed by atoms with E-state index in [4.69, 9.17) is 4.74 Å². The Balaban J connectivity index is 1.86. The molecule has 0 saturated heterocycles. The van der Waals surface area contributed by atoms with Gasteiger partial charge in [0.2, 0.25) is 5.88 Å². The molecule has 0 amide bonds. The van der Waals surface area contributed by atoms with Crippen molar-refractivity contribution >= 4 is 0 Å². The molecule has 3 nitrogen and oxygen atoms in total. The van der Waals surface area contributed by atoms with E-state index in [1.165, 1.54) is 12.1 Å². The predicted molar refractivity (Wildman–Crippen MR) is 84.9 cm³/mol. The minimum Gasteiger partial charge on any atom is -0.439 e. The molecule has 0 N–H and O–H groups in total. The van der Waals surface area contributed by atoms with Gasteiger partial charge in [0.1, 0.15) is 5.75 Å². The maximum Gasteiger partial charge on any atom is 0.416 e. The van der Waals surface area contributed by atoms with Crippen LogP contribution in [-0.2, 0) is 12.7 Å². The highest BCUT2D eigenvalue weighted by atomic mass is 19.4. The predicted octanol–water partition coefficient (Wildman–Crippen LogP) is 5.38. The van der Waals surface area contributed by atoms with Crippen LogP contribution in [0, 0.1) is 0 Å². The number of aryl methyl sites for hydroxylation is 1. The maximum atomic E-state index is 12.6. The fraction of sp³-hybridized carbons (Fsp3) is 0.167. The van der Waals surface area contributed by atoms with Crippen LogP contribution in [0.3, 0.4) is 0 Å². The van der Waals surface area contributed by atoms with Crippen molar-refractivity contribution in [2.75, 3.05) is 0 Å². The summed E-state index contributed by atoms with van der Waals surface area (Å²) in [4.78, 5) is 0. The molecule has 0 fully saturated rings. The van der Waals surface area contributed by atoms with Crippen LogP contribution in [0.5, 0.6) is 11.6 Å². The van der Waals surface area contributed by atoms with Crippen LogP contribution in [-0.4, -0.2) is 9.78 Å². The highest BCUT2D eigenvalue weighted by molar-refractivity contribution is 5.60. The minimum absolute atomic E-state index is 0.331. The largest absolute Gasteiger partial charge is 0.439 e. The Morgan fingerprint density at radius 1 is 1.00 bits per heavy atom. The van der Waals surface area contributed by atoms with E-state index >= 15 is 0 Å². The zero-order chi connectivity index (χ0) is 17.2. The lowest BCUT2D eigenvalue weighted by atomic mass is 10.2. The Bertz CT molecular complexity index is 809. The summed E-state index contributed by atoms with van der Waals surface area (Å²) in [6.45, 7) is 2.50. The van der Waals surface area contributed by atoms with Gasteiger partial charge in [-0.3, -0.25) is 0 Å². The first kappa shape index (κ1) is 16.1. The van der Waals surface area contributed by atoms with Crippen LogP contribution in [0.25, 0.3) is 11.3 Å². The lowest BCUT2D eigenvalue weighted by Crippen LogP contribution is -2.04. The van der Waals surface area contributed by atoms with E-state index in [0.717, 1.165) is 23.4 Å². The number of hydrogen-bond donors (Lipinski definition) is 0. The molecule has 0 aliphatic heterocycles. The van der Waals surface area contributed by atoms with Crippen molar-refractivity contribution in [2.24, 2.45) is 0 Å². The van der Waals surface area contributed by atoms with Crippen LogP contribution in [0.2, 0.25) is 0 Å². The Hall–Kier alpha value is -2.76. The Kier molecular flexibility index (Phi) is 4.29. The van der Waals surface area contributed by atoms with Crippen molar-refractivity contribution in [3.8, 4) is 22.9 Å². The van der Waals surface area contributed by atoms with E-state index in [9.17, 15) is 13.2 Å². The quantitative estimate of drug-likeness (QED) is 0.641. The lowest BCUT2D eigenvalue weighted by Gasteiger charge is -2.09. The molecule has 0 atom stereocenters. The smallest absolute Gasteiger partial charge is 0.416 e. The summed E-state index contributed by atoms with van der Waals surface area (Å²) in [6, 6.07) is 16.0. The molecule has 3 rings (SSSR count). The molecule has 0 aliphatic carbocycles. The van der Waals surface area contributed by atoms with Crippen molar-refractivity contribution in [3.63, 3.8) is 0 Å². The number of benzene rings is 2. The molecule has 0 unspecified atom stereocenters. The third-order valence-electron chi connectivity index (χ3n) is 3.52. The van der Waals surface area contributed by atoms with E-state index in [-0.39, 0.29) is 0 Å². The number of ether oxygens (including phenoxy) is 1. The van der Waals surface area contributed by atoms with Gasteiger partial charge in [-0.15, -0.1) is 0 Å². The molecule has 0 aliphatic rings. The van der Waals surface area contributed by atoms with E-state index in [0.29, 0.717) is 18.2 Å². The molecule has 24 heavy (non-hydrogen) atoms. The zero-order valence-corrected chi connectivity index (χ0v) is 12.9. The topological polar surface area (TPSA) is 27.1 Å². The second-order valence-electron chi connectivity index (χ2n) is 5.17. The van der Waals surface area contributed by atoms with Gasteiger partial charge in [0, 0.05) is 18.2 Å². The van der Waals surface area contributed by atoms with E-state index in [2.05, 4.69) is 5.10 Å².